The fourth-order valence-corrected chi connectivity index (χ4v) is 21.6. The van der Waals surface area contributed by atoms with Crippen molar-refractivity contribution in [1.29, 1.82) is 0 Å². The number of carboxylic acid groups (broad SMARTS) is 3. The van der Waals surface area contributed by atoms with Gasteiger partial charge >= 0.3 is 46.2 Å². The fraction of sp³-hybridized carbons (Fsp3) is 0.821. The van der Waals surface area contributed by atoms with E-state index in [2.05, 4.69) is 41.5 Å². The van der Waals surface area contributed by atoms with Crippen molar-refractivity contribution in [3.05, 3.63) is 24.3 Å². The van der Waals surface area contributed by atoms with Crippen molar-refractivity contribution < 1.29 is 100.0 Å². The van der Waals surface area contributed by atoms with Gasteiger partial charge in [0.05, 0.1) is 58.7 Å². The highest BCUT2D eigenvalue weighted by Crippen LogP contribution is 2.71. The van der Waals surface area contributed by atoms with Crippen molar-refractivity contribution in [3.63, 3.8) is 0 Å². The number of carbonyl (C=O) groups is 6. The van der Waals surface area contributed by atoms with Crippen molar-refractivity contribution in [2.24, 2.45) is 92.7 Å². The summed E-state index contributed by atoms with van der Waals surface area (Å²) < 4.78 is 55.3. The molecule has 22 heteroatoms. The van der Waals surface area contributed by atoms with E-state index < -0.39 is 101 Å². The zero-order valence-electron chi connectivity index (χ0n) is 53.8. The number of likely N-dealkylation sites (N-methyl/N-ethyl adjacent to an activating group) is 1. The monoisotopic (exact) mass is 1270 g/mol. The van der Waals surface area contributed by atoms with Crippen LogP contribution in [0.15, 0.2) is 24.3 Å². The van der Waals surface area contributed by atoms with E-state index in [1.807, 2.05) is 0 Å². The number of aliphatic carboxylic acids is 3. The zero-order valence-corrected chi connectivity index (χ0v) is 54.6. The van der Waals surface area contributed by atoms with Crippen LogP contribution >= 0.6 is 0 Å². The molecule has 0 amide bonds. The number of fused-ring (bicyclic) bond motifs is 10. The first-order chi connectivity index (χ1) is 41.5. The molecule has 0 aliphatic heterocycles. The Labute approximate surface area is 525 Å². The van der Waals surface area contributed by atoms with Crippen LogP contribution in [0.25, 0.3) is 0 Å². The quantitative estimate of drug-likeness (QED) is 0.0290. The lowest BCUT2D eigenvalue weighted by Gasteiger charge is -2.63. The number of carbonyl (C=O) groups excluding carboxylic acids is 3. The minimum absolute atomic E-state index is 0.00915. The number of ether oxygens (including phenoxy) is 3. The van der Waals surface area contributed by atoms with Crippen LogP contribution in [-0.4, -0.2) is 154 Å². The molecule has 8 aliphatic carbocycles. The molecule has 0 spiro atoms. The molecule has 500 valence electrons. The summed E-state index contributed by atoms with van der Waals surface area (Å²) >= 11 is 0. The van der Waals surface area contributed by atoms with E-state index in [1.54, 1.807) is 27.2 Å². The van der Waals surface area contributed by atoms with E-state index in [0.29, 0.717) is 51.4 Å². The maximum Gasteiger partial charge on any atom is 0.449 e. The molecule has 8 saturated carbocycles. The summed E-state index contributed by atoms with van der Waals surface area (Å²) in [4.78, 5) is 77.2. The van der Waals surface area contributed by atoms with Crippen molar-refractivity contribution in [3.8, 4) is 11.5 Å². The molecule has 1 aromatic carbocycles. The predicted octanol–water partition coefficient (Wildman–Crippen LogP) is 8.35. The summed E-state index contributed by atoms with van der Waals surface area (Å²) in [6.07, 6.45) is 5.58. The van der Waals surface area contributed by atoms with Crippen LogP contribution in [0.5, 0.6) is 11.5 Å². The Morgan fingerprint density at radius 3 is 1.90 bits per heavy atom. The molecule has 23 atom stereocenters. The molecule has 89 heavy (non-hydrogen) atoms. The second kappa shape index (κ2) is 26.2. The number of hydrogen-bond acceptors (Lipinski definition) is 17. The predicted molar refractivity (Wildman–Crippen MR) is 322 cm³/mol. The lowest BCUT2D eigenvalue weighted by Crippen LogP contribution is -2.62. The topological polar surface area (TPSA) is 324 Å². The van der Waals surface area contributed by atoms with E-state index in [4.69, 9.17) is 22.6 Å². The second-order valence-electron chi connectivity index (χ2n) is 31.2. The molecule has 0 radical (unpaired) electrons. The first-order valence-corrected chi connectivity index (χ1v) is 34.4. The maximum absolute atomic E-state index is 14.0. The summed E-state index contributed by atoms with van der Waals surface area (Å²) in [5.41, 5.74) is -3.88. The van der Waals surface area contributed by atoms with E-state index in [-0.39, 0.29) is 135 Å². The summed E-state index contributed by atoms with van der Waals surface area (Å²) in [6, 6.07) is 5.71. The van der Waals surface area contributed by atoms with Crippen molar-refractivity contribution in [2.75, 3.05) is 27.7 Å². The second-order valence-corrected chi connectivity index (χ2v) is 32.4. The van der Waals surface area contributed by atoms with Crippen molar-refractivity contribution in [1.82, 2.24) is 0 Å². The molecule has 0 bridgehead atoms. The Bertz CT molecular complexity index is 2900. The molecule has 21 nitrogen and oxygen atoms in total. The van der Waals surface area contributed by atoms with Gasteiger partial charge in [-0.15, -0.1) is 0 Å². The molecular weight excluding hydrogens is 1170 g/mol. The third-order valence-electron chi connectivity index (χ3n) is 25.0. The van der Waals surface area contributed by atoms with Crippen LogP contribution < -0.4 is 8.92 Å². The standard InChI is InChI=1S/C67H101NO20S/c1-37(14-21-58(77)85-51-12-10-11-13-52(51)88-89(82,83)87-43(32-55(72)73)36-68(7,8)9)44-16-18-46-61-47(24-27-65(44,46)5)63(3)26-23-42(29-40(63)31-53(61)86-59(78)35-67(81,62(79)80)34-56(74)75)84-57(76)20-15-38(2)45-17-19-48-60-49(33-54(71)66(45,48)6)64(4)25-22-41(69)28-39(64)30-50(60)70/h10-13,37-50,53-54,60-61,69-71,81H,14-36H2,1-9H3,(H2-,72,73,74,75,79,80)/p+1/t37-,38-,39+,40?,41-,42-,43?,44-,45-,46?,47?,48?,49?,50?,53?,54+,60?,61?,63+,64+,65-,66-,67?/m1/s1. The molecular formula is C67H102NO20S+. The van der Waals surface area contributed by atoms with Crippen LogP contribution in [0, 0.1) is 92.7 Å². The number of quaternary nitrogens is 1. The van der Waals surface area contributed by atoms with Crippen LogP contribution in [0.3, 0.4) is 0 Å². The largest absolute Gasteiger partial charge is 0.481 e. The number of hydrogen-bond donors (Lipinski definition) is 7. The number of benzene rings is 1. The van der Waals surface area contributed by atoms with Crippen LogP contribution in [0.4, 0.5) is 0 Å². The summed E-state index contributed by atoms with van der Waals surface area (Å²) in [5, 5.41) is 74.5. The van der Waals surface area contributed by atoms with E-state index in [9.17, 15) is 72.9 Å². The highest BCUT2D eigenvalue weighted by atomic mass is 32.3. The maximum atomic E-state index is 14.0. The number of rotatable bonds is 24. The van der Waals surface area contributed by atoms with Gasteiger partial charge < -0.3 is 58.6 Å². The average molecular weight is 1270 g/mol. The Morgan fingerprint density at radius 1 is 0.640 bits per heavy atom. The number of carboxylic acids is 3. The van der Waals surface area contributed by atoms with Gasteiger partial charge in [0.1, 0.15) is 24.9 Å². The van der Waals surface area contributed by atoms with Crippen molar-refractivity contribution in [2.45, 2.75) is 225 Å². The minimum Gasteiger partial charge on any atom is -0.481 e. The highest BCUT2D eigenvalue weighted by Gasteiger charge is 2.67. The molecule has 8 fully saturated rings. The van der Waals surface area contributed by atoms with Gasteiger partial charge in [0.25, 0.3) is 0 Å². The van der Waals surface area contributed by atoms with Gasteiger partial charge in [-0.2, -0.15) is 8.42 Å². The molecule has 1 aromatic rings. The number of aliphatic hydroxyl groups is 4. The van der Waals surface area contributed by atoms with Gasteiger partial charge in [-0.3, -0.25) is 24.0 Å². The third-order valence-corrected chi connectivity index (χ3v) is 25.9. The summed E-state index contributed by atoms with van der Waals surface area (Å²) in [5.74, 6) is -6.27. The van der Waals surface area contributed by atoms with Crippen LogP contribution in [0.1, 0.15) is 183 Å². The highest BCUT2D eigenvalue weighted by molar-refractivity contribution is 7.82. The SMILES string of the molecule is C[C@H](CCC(=O)O[C@@H]1CC[C@@]2(C)C(CC(OC(=O)CC(O)(CC(=O)O)C(=O)O)C3C2CC[C@@]2(C)C3CC[C@@H]2[C@H](C)CCC(=O)Oc2ccccc2OS(=O)(=O)OC(CC(=O)O)C[N+](C)(C)C)C1)[C@H]1CCC2C3C(O)C[C@@H]4C[C@H](O)CC[C@]4(C)C3C[C@H](O)[C@@]21C. The smallest absolute Gasteiger partial charge is 0.449 e. The van der Waals surface area contributed by atoms with Gasteiger partial charge in [0.2, 0.25) is 0 Å². The Kier molecular flexibility index (Phi) is 20.2. The van der Waals surface area contributed by atoms with E-state index in [0.717, 1.165) is 57.8 Å². The van der Waals surface area contributed by atoms with Crippen LogP contribution in [-0.2, 0) is 52.8 Å². The number of esters is 3. The van der Waals surface area contributed by atoms with Gasteiger partial charge in [-0.05, 0) is 208 Å². The number of para-hydroxylation sites is 2. The molecule has 9 rings (SSSR count). The van der Waals surface area contributed by atoms with Gasteiger partial charge in [0, 0.05) is 18.8 Å². The lowest BCUT2D eigenvalue weighted by molar-refractivity contribution is -0.873. The van der Waals surface area contributed by atoms with Gasteiger partial charge in [-0.1, -0.05) is 53.7 Å². The van der Waals surface area contributed by atoms with Gasteiger partial charge in [0.15, 0.2) is 17.1 Å². The van der Waals surface area contributed by atoms with E-state index in [1.165, 1.54) is 18.2 Å². The first-order valence-electron chi connectivity index (χ1n) is 33.1. The van der Waals surface area contributed by atoms with Gasteiger partial charge in [-0.25, -0.2) is 8.98 Å². The molecule has 8 aliphatic rings. The Morgan fingerprint density at radius 2 is 1.24 bits per heavy atom. The fourth-order valence-electron chi connectivity index (χ4n) is 20.8. The zero-order chi connectivity index (χ0) is 65.1. The van der Waals surface area contributed by atoms with Crippen LogP contribution in [0.2, 0.25) is 0 Å². The van der Waals surface area contributed by atoms with Crippen molar-refractivity contribution >= 4 is 46.2 Å². The first kappa shape index (κ1) is 68.9. The molecule has 0 saturated heterocycles. The Hall–Kier alpha value is -4.45. The minimum atomic E-state index is -4.82. The van der Waals surface area contributed by atoms with E-state index >= 15 is 0 Å². The number of nitrogens with zero attached hydrogens (tertiary/aromatic N) is 1. The molecule has 0 heterocycles. The number of aliphatic hydroxyl groups excluding tert-OH is 3. The third kappa shape index (κ3) is 14.2. The summed E-state index contributed by atoms with van der Waals surface area (Å²) in [6.45, 7) is 13.4. The average Bonchev–Trinajstić information content (AvgIpc) is 1.70. The summed E-state index contributed by atoms with van der Waals surface area (Å²) in [7, 11) is 0.445. The Balaban J connectivity index is 0.841. The lowest BCUT2D eigenvalue weighted by atomic mass is 9.43. The molecule has 7 N–H and O–H groups in total. The molecule has 0 aromatic heterocycles. The molecule has 11 unspecified atom stereocenters. The normalized spacial score (nSPS) is 39.1.